The van der Waals surface area contributed by atoms with E-state index in [2.05, 4.69) is 30.5 Å². The van der Waals surface area contributed by atoms with Crippen molar-refractivity contribution in [1.82, 2.24) is 9.62 Å². The molecule has 0 bridgehead atoms. The van der Waals surface area contributed by atoms with Gasteiger partial charge in [0, 0.05) is 37.3 Å². The van der Waals surface area contributed by atoms with E-state index in [0.29, 0.717) is 13.1 Å². The van der Waals surface area contributed by atoms with Crippen LogP contribution in [0.1, 0.15) is 45.2 Å². The smallest absolute Gasteiger partial charge is 0.256 e. The molecule has 0 saturated carbocycles. The summed E-state index contributed by atoms with van der Waals surface area (Å²) in [6.45, 7) is 7.09. The van der Waals surface area contributed by atoms with Crippen molar-refractivity contribution in [2.75, 3.05) is 31.3 Å². The molecule has 2 aromatic heterocycles. The SMILES string of the molecule is CS/N=C(\C(=N)N[C@@H](c1ccoc1)C(C)(C)C)N(C)c1csc(S(=O)(=O)N2CCCC2)c1O. The lowest BCUT2D eigenvalue weighted by atomic mass is 9.83. The Bertz CT molecular complexity index is 1100. The van der Waals surface area contributed by atoms with E-state index in [-0.39, 0.29) is 38.8 Å². The molecule has 0 radical (unpaired) electrons. The quantitative estimate of drug-likeness (QED) is 0.299. The summed E-state index contributed by atoms with van der Waals surface area (Å²) in [6.07, 6.45) is 6.64. The Kier molecular flexibility index (Phi) is 7.82. The van der Waals surface area contributed by atoms with Gasteiger partial charge in [0.05, 0.1) is 24.3 Å². The van der Waals surface area contributed by atoms with Crippen LogP contribution in [0.3, 0.4) is 0 Å². The lowest BCUT2D eigenvalue weighted by Crippen LogP contribution is -2.45. The molecule has 1 aliphatic heterocycles. The average Bonchev–Trinajstić information content (AvgIpc) is 3.50. The standard InChI is InChI=1S/C21H31N5O4S3/c1-21(2,3)17(14-8-11-30-12-14)23-18(22)19(24-31-5)25(4)15-13-32-20(16(15)27)33(28,29)26-9-6-7-10-26/h8,11-13,17,27H,6-7,9-10H2,1-5H3,(H2,22,23)/b24-19+/t17-/m0/s1. The number of amidine groups is 2. The van der Waals surface area contributed by atoms with Crippen molar-refractivity contribution in [2.24, 2.45) is 9.81 Å². The molecule has 2 aromatic rings. The Hall–Kier alpha value is -2.02. The number of likely N-dealkylation sites (N-methyl/N-ethyl adjacent to an activating group) is 1. The van der Waals surface area contributed by atoms with Gasteiger partial charge in [-0.2, -0.15) is 8.70 Å². The molecule has 0 spiro atoms. The van der Waals surface area contributed by atoms with Crippen molar-refractivity contribution < 1.29 is 17.9 Å². The predicted octanol–water partition coefficient (Wildman–Crippen LogP) is 4.30. The number of thiophene rings is 1. The van der Waals surface area contributed by atoms with Crippen LogP contribution >= 0.6 is 23.3 Å². The molecule has 3 heterocycles. The maximum absolute atomic E-state index is 13.0. The van der Waals surface area contributed by atoms with Gasteiger partial charge in [-0.05, 0) is 36.3 Å². The number of anilines is 1. The number of hydrogen-bond donors (Lipinski definition) is 3. The Morgan fingerprint density at radius 2 is 2.06 bits per heavy atom. The van der Waals surface area contributed by atoms with E-state index in [4.69, 9.17) is 9.83 Å². The molecule has 1 saturated heterocycles. The molecular formula is C21H31N5O4S3. The average molecular weight is 514 g/mol. The van der Waals surface area contributed by atoms with Gasteiger partial charge in [0.2, 0.25) is 0 Å². The fourth-order valence-corrected chi connectivity index (χ4v) is 7.08. The monoisotopic (exact) mass is 513 g/mol. The van der Waals surface area contributed by atoms with Gasteiger partial charge in [0.25, 0.3) is 10.0 Å². The first-order valence-corrected chi connectivity index (χ1v) is 14.0. The van der Waals surface area contributed by atoms with E-state index in [0.717, 1.165) is 29.7 Å². The molecule has 0 aliphatic carbocycles. The summed E-state index contributed by atoms with van der Waals surface area (Å²) in [4.78, 5) is 1.54. The molecule has 1 fully saturated rings. The number of aromatic hydroxyl groups is 1. The minimum Gasteiger partial charge on any atom is -0.504 e. The molecule has 0 unspecified atom stereocenters. The van der Waals surface area contributed by atoms with Gasteiger partial charge in [-0.1, -0.05) is 20.8 Å². The van der Waals surface area contributed by atoms with Gasteiger partial charge < -0.3 is 19.7 Å². The van der Waals surface area contributed by atoms with Crippen LogP contribution in [0, 0.1) is 10.8 Å². The molecule has 3 N–H and O–H groups in total. The van der Waals surface area contributed by atoms with Gasteiger partial charge in [0.1, 0.15) is 0 Å². The first-order chi connectivity index (χ1) is 15.5. The number of nitrogens with one attached hydrogen (secondary N) is 2. The van der Waals surface area contributed by atoms with Crippen LogP contribution in [0.4, 0.5) is 5.69 Å². The van der Waals surface area contributed by atoms with Crippen LogP contribution in [0.2, 0.25) is 0 Å². The third kappa shape index (κ3) is 5.39. The van der Waals surface area contributed by atoms with Crippen LogP contribution in [0.15, 0.2) is 37.0 Å². The van der Waals surface area contributed by atoms with E-state index in [1.807, 2.05) is 6.07 Å². The molecule has 33 heavy (non-hydrogen) atoms. The minimum absolute atomic E-state index is 0.0440. The van der Waals surface area contributed by atoms with Crippen LogP contribution in [0.5, 0.6) is 5.75 Å². The second kappa shape index (κ2) is 10.1. The Balaban J connectivity index is 1.89. The van der Waals surface area contributed by atoms with Gasteiger partial charge in [0.15, 0.2) is 21.6 Å². The Morgan fingerprint density at radius 3 is 2.61 bits per heavy atom. The fraction of sp³-hybridized carbons (Fsp3) is 0.524. The number of nitrogens with zero attached hydrogens (tertiary/aromatic N) is 3. The summed E-state index contributed by atoms with van der Waals surface area (Å²) in [5.41, 5.74) is 0.948. The maximum Gasteiger partial charge on any atom is 0.256 e. The molecule has 0 aromatic carbocycles. The summed E-state index contributed by atoms with van der Waals surface area (Å²) in [6, 6.07) is 1.62. The largest absolute Gasteiger partial charge is 0.504 e. The lowest BCUT2D eigenvalue weighted by Gasteiger charge is -2.33. The van der Waals surface area contributed by atoms with Crippen LogP contribution in [-0.2, 0) is 10.0 Å². The zero-order valence-corrected chi connectivity index (χ0v) is 21.9. The number of sulfonamides is 1. The number of furan rings is 1. The van der Waals surface area contributed by atoms with Gasteiger partial charge in [-0.3, -0.25) is 5.41 Å². The Morgan fingerprint density at radius 1 is 1.39 bits per heavy atom. The molecular weight excluding hydrogens is 482 g/mol. The summed E-state index contributed by atoms with van der Waals surface area (Å²) < 4.78 is 36.9. The summed E-state index contributed by atoms with van der Waals surface area (Å²) in [5, 5.41) is 24.4. The second-order valence-corrected chi connectivity index (χ2v) is 12.5. The predicted molar refractivity (Wildman–Crippen MR) is 135 cm³/mol. The molecule has 0 amide bonds. The van der Waals surface area contributed by atoms with E-state index >= 15 is 0 Å². The molecule has 182 valence electrons. The minimum atomic E-state index is -3.76. The highest BCUT2D eigenvalue weighted by atomic mass is 32.2. The topological polar surface area (TPSA) is 122 Å². The van der Waals surface area contributed by atoms with Crippen LogP contribution in [-0.4, -0.2) is 55.9 Å². The van der Waals surface area contributed by atoms with Crippen molar-refractivity contribution in [1.29, 1.82) is 5.41 Å². The van der Waals surface area contributed by atoms with Gasteiger partial charge in [-0.25, -0.2) is 8.42 Å². The number of hydrogen-bond acceptors (Lipinski definition) is 8. The normalized spacial score (nSPS) is 16.7. The fourth-order valence-electron chi connectivity index (χ4n) is 3.72. The molecule has 3 rings (SSSR count). The van der Waals surface area contributed by atoms with E-state index in [1.165, 1.54) is 21.2 Å². The molecule has 9 nitrogen and oxygen atoms in total. The van der Waals surface area contributed by atoms with Crippen LogP contribution in [0.25, 0.3) is 0 Å². The number of rotatable bonds is 6. The highest BCUT2D eigenvalue weighted by Gasteiger charge is 2.34. The third-order valence-corrected chi connectivity index (χ3v) is 9.20. The first-order valence-electron chi connectivity index (χ1n) is 10.5. The molecule has 12 heteroatoms. The second-order valence-electron chi connectivity index (χ2n) is 8.90. The lowest BCUT2D eigenvalue weighted by molar-refractivity contribution is 0.301. The highest BCUT2D eigenvalue weighted by molar-refractivity contribution is 7.97. The van der Waals surface area contributed by atoms with Crippen molar-refractivity contribution in [3.8, 4) is 5.75 Å². The van der Waals surface area contributed by atoms with E-state index in [9.17, 15) is 13.5 Å². The summed E-state index contributed by atoms with van der Waals surface area (Å²) in [7, 11) is -2.10. The first kappa shape index (κ1) is 25.6. The molecule has 1 aliphatic rings. The Labute approximate surface area is 203 Å². The van der Waals surface area contributed by atoms with Crippen molar-refractivity contribution in [3.05, 3.63) is 29.5 Å². The summed E-state index contributed by atoms with van der Waals surface area (Å²) >= 11 is 2.15. The molecule has 1 atom stereocenters. The van der Waals surface area contributed by atoms with E-state index in [1.54, 1.807) is 31.2 Å². The third-order valence-electron chi connectivity index (χ3n) is 5.46. The van der Waals surface area contributed by atoms with Crippen molar-refractivity contribution in [2.45, 2.75) is 43.9 Å². The maximum atomic E-state index is 13.0. The summed E-state index contributed by atoms with van der Waals surface area (Å²) in [5.74, 6) is -0.0146. The van der Waals surface area contributed by atoms with Gasteiger partial charge in [-0.15, -0.1) is 11.3 Å². The van der Waals surface area contributed by atoms with Gasteiger partial charge >= 0.3 is 0 Å². The zero-order valence-electron chi connectivity index (χ0n) is 19.5. The highest BCUT2D eigenvalue weighted by Crippen LogP contribution is 2.42. The zero-order chi connectivity index (χ0) is 24.4. The van der Waals surface area contributed by atoms with E-state index < -0.39 is 10.0 Å². The van der Waals surface area contributed by atoms with Crippen molar-refractivity contribution in [3.63, 3.8) is 0 Å². The van der Waals surface area contributed by atoms with Crippen molar-refractivity contribution >= 4 is 50.7 Å². The van der Waals surface area contributed by atoms with Crippen LogP contribution < -0.4 is 10.2 Å².